The lowest BCUT2D eigenvalue weighted by atomic mass is 10.2. The van der Waals surface area contributed by atoms with Crippen LogP contribution in [-0.4, -0.2) is 19.2 Å². The van der Waals surface area contributed by atoms with E-state index in [-0.39, 0.29) is 0 Å². The zero-order chi connectivity index (χ0) is 13.4. The summed E-state index contributed by atoms with van der Waals surface area (Å²) in [5.41, 5.74) is 2.02. The minimum Gasteiger partial charge on any atom is -0.489 e. The first-order chi connectivity index (χ1) is 8.61. The Morgan fingerprint density at radius 3 is 2.61 bits per heavy atom. The Labute approximate surface area is 109 Å². The second-order valence-corrected chi connectivity index (χ2v) is 4.55. The number of rotatable bonds is 7. The summed E-state index contributed by atoms with van der Waals surface area (Å²) in [7, 11) is 0. The summed E-state index contributed by atoms with van der Waals surface area (Å²) < 4.78 is 5.61. The Morgan fingerprint density at radius 2 is 2.06 bits per heavy atom. The van der Waals surface area contributed by atoms with E-state index in [1.807, 2.05) is 24.3 Å². The van der Waals surface area contributed by atoms with E-state index in [4.69, 9.17) is 10.00 Å². The highest BCUT2D eigenvalue weighted by Crippen LogP contribution is 2.13. The average Bonchev–Trinajstić information content (AvgIpc) is 2.36. The molecular formula is C15H20N2O. The van der Waals surface area contributed by atoms with Crippen LogP contribution in [0.3, 0.4) is 0 Å². The lowest BCUT2D eigenvalue weighted by molar-refractivity contribution is 0.347. The molecule has 0 aromatic heterocycles. The number of nitrogens with one attached hydrogen (secondary N) is 1. The molecule has 3 heteroatoms. The Kier molecular flexibility index (Phi) is 5.96. The lowest BCUT2D eigenvalue weighted by Crippen LogP contribution is -2.26. The molecule has 3 nitrogen and oxygen atoms in total. The second kappa shape index (κ2) is 7.52. The maximum Gasteiger partial charge on any atom is 0.119 e. The first kappa shape index (κ1) is 14.3. The molecule has 0 saturated heterocycles. The number of hydrogen-bond acceptors (Lipinski definition) is 3. The van der Waals surface area contributed by atoms with E-state index >= 15 is 0 Å². The fraction of sp³-hybridized carbons (Fsp3) is 0.400. The van der Waals surface area contributed by atoms with Gasteiger partial charge in [0.1, 0.15) is 12.4 Å². The van der Waals surface area contributed by atoms with Crippen LogP contribution >= 0.6 is 0 Å². The van der Waals surface area contributed by atoms with Crippen LogP contribution in [0.2, 0.25) is 0 Å². The van der Waals surface area contributed by atoms with E-state index in [0.717, 1.165) is 23.4 Å². The molecule has 0 aliphatic carbocycles. The molecule has 1 aromatic rings. The van der Waals surface area contributed by atoms with Crippen LogP contribution in [0.15, 0.2) is 36.4 Å². The van der Waals surface area contributed by atoms with E-state index in [1.165, 1.54) is 0 Å². The van der Waals surface area contributed by atoms with Crippen LogP contribution in [-0.2, 0) is 6.42 Å². The highest BCUT2D eigenvalue weighted by Gasteiger charge is 1.99. The van der Waals surface area contributed by atoms with E-state index in [0.29, 0.717) is 19.1 Å². The van der Waals surface area contributed by atoms with E-state index < -0.39 is 0 Å². The number of nitrogens with zero attached hydrogens (tertiary/aromatic N) is 1. The van der Waals surface area contributed by atoms with Crippen molar-refractivity contribution in [1.29, 1.82) is 5.26 Å². The van der Waals surface area contributed by atoms with Crippen LogP contribution in [0.25, 0.3) is 0 Å². The molecule has 1 aromatic carbocycles. The molecule has 0 fully saturated rings. The van der Waals surface area contributed by atoms with Gasteiger partial charge in [-0.25, -0.2) is 0 Å². The molecule has 0 aliphatic heterocycles. The van der Waals surface area contributed by atoms with E-state index in [2.05, 4.69) is 31.8 Å². The zero-order valence-corrected chi connectivity index (χ0v) is 11.1. The van der Waals surface area contributed by atoms with Crippen molar-refractivity contribution in [3.8, 4) is 11.8 Å². The Hall–Kier alpha value is -1.79. The van der Waals surface area contributed by atoms with Gasteiger partial charge in [0.2, 0.25) is 0 Å². The third-order valence-electron chi connectivity index (χ3n) is 2.41. The molecule has 0 radical (unpaired) electrons. The van der Waals surface area contributed by atoms with Gasteiger partial charge in [-0.05, 0) is 23.3 Å². The second-order valence-electron chi connectivity index (χ2n) is 4.55. The van der Waals surface area contributed by atoms with Gasteiger partial charge in [-0.3, -0.25) is 0 Å². The minimum atomic E-state index is 0.436. The van der Waals surface area contributed by atoms with Crippen LogP contribution in [0.5, 0.6) is 5.75 Å². The molecule has 0 amide bonds. The third-order valence-corrected chi connectivity index (χ3v) is 2.41. The van der Waals surface area contributed by atoms with Crippen LogP contribution < -0.4 is 10.1 Å². The molecule has 1 N–H and O–H groups in total. The van der Waals surface area contributed by atoms with Crippen molar-refractivity contribution in [1.82, 2.24) is 5.32 Å². The molecule has 0 atom stereocenters. The standard InChI is InChI=1S/C15H20N2O/c1-12(2)17-10-13(3)11-18-15-6-4-14(5-7-15)8-9-16/h4-7,12,17H,3,8,10-11H2,1-2H3. The molecule has 0 heterocycles. The third kappa shape index (κ3) is 5.51. The number of hydrogen-bond donors (Lipinski definition) is 1. The quantitative estimate of drug-likeness (QED) is 0.750. The Morgan fingerprint density at radius 1 is 1.39 bits per heavy atom. The minimum absolute atomic E-state index is 0.436. The molecule has 0 saturated carbocycles. The lowest BCUT2D eigenvalue weighted by Gasteiger charge is -2.11. The smallest absolute Gasteiger partial charge is 0.119 e. The fourth-order valence-electron chi connectivity index (χ4n) is 1.38. The first-order valence-corrected chi connectivity index (χ1v) is 6.10. The van der Waals surface area contributed by atoms with Gasteiger partial charge >= 0.3 is 0 Å². The Bertz CT molecular complexity index is 415. The molecule has 1 rings (SSSR count). The molecule has 0 aliphatic rings. The van der Waals surface area contributed by atoms with Crippen molar-refractivity contribution in [2.75, 3.05) is 13.2 Å². The van der Waals surface area contributed by atoms with Gasteiger partial charge in [0.05, 0.1) is 12.5 Å². The first-order valence-electron chi connectivity index (χ1n) is 6.10. The maximum absolute atomic E-state index is 8.57. The zero-order valence-electron chi connectivity index (χ0n) is 11.1. The van der Waals surface area contributed by atoms with Crippen molar-refractivity contribution in [3.05, 3.63) is 42.0 Å². The van der Waals surface area contributed by atoms with Gasteiger partial charge in [0.15, 0.2) is 0 Å². The predicted octanol–water partition coefficient (Wildman–Crippen LogP) is 2.69. The highest BCUT2D eigenvalue weighted by molar-refractivity contribution is 5.29. The van der Waals surface area contributed by atoms with Crippen molar-refractivity contribution in [2.24, 2.45) is 0 Å². The fourth-order valence-corrected chi connectivity index (χ4v) is 1.38. The predicted molar refractivity (Wildman–Crippen MR) is 73.5 cm³/mol. The summed E-state index contributed by atoms with van der Waals surface area (Å²) in [6.07, 6.45) is 0.436. The summed E-state index contributed by atoms with van der Waals surface area (Å²) in [6, 6.07) is 10.2. The summed E-state index contributed by atoms with van der Waals surface area (Å²) in [5.74, 6) is 0.808. The van der Waals surface area contributed by atoms with Gasteiger partial charge in [0, 0.05) is 12.6 Å². The van der Waals surface area contributed by atoms with Crippen molar-refractivity contribution >= 4 is 0 Å². The molecule has 0 bridgehead atoms. The van der Waals surface area contributed by atoms with Crippen molar-refractivity contribution in [2.45, 2.75) is 26.3 Å². The number of benzene rings is 1. The Balaban J connectivity index is 2.35. The largest absolute Gasteiger partial charge is 0.489 e. The summed E-state index contributed by atoms with van der Waals surface area (Å²) in [5, 5.41) is 11.9. The SMILES string of the molecule is C=C(CNC(C)C)COc1ccc(CC#N)cc1. The van der Waals surface area contributed by atoms with Crippen molar-refractivity contribution < 1.29 is 4.74 Å². The van der Waals surface area contributed by atoms with E-state index in [9.17, 15) is 0 Å². The summed E-state index contributed by atoms with van der Waals surface area (Å²) in [4.78, 5) is 0. The molecule has 0 unspecified atom stereocenters. The molecule has 18 heavy (non-hydrogen) atoms. The van der Waals surface area contributed by atoms with Gasteiger partial charge in [-0.1, -0.05) is 32.6 Å². The van der Waals surface area contributed by atoms with Crippen molar-refractivity contribution in [3.63, 3.8) is 0 Å². The number of ether oxygens (including phenoxy) is 1. The average molecular weight is 244 g/mol. The van der Waals surface area contributed by atoms with Gasteiger partial charge in [0.25, 0.3) is 0 Å². The molecule has 0 spiro atoms. The maximum atomic E-state index is 8.57. The van der Waals surface area contributed by atoms with Crippen LogP contribution in [0.4, 0.5) is 0 Å². The van der Waals surface area contributed by atoms with Gasteiger partial charge in [-0.2, -0.15) is 5.26 Å². The van der Waals surface area contributed by atoms with Crippen LogP contribution in [0.1, 0.15) is 19.4 Å². The van der Waals surface area contributed by atoms with Gasteiger partial charge < -0.3 is 10.1 Å². The van der Waals surface area contributed by atoms with Gasteiger partial charge in [-0.15, -0.1) is 0 Å². The normalized spacial score (nSPS) is 10.1. The van der Waals surface area contributed by atoms with Crippen LogP contribution in [0, 0.1) is 11.3 Å². The number of nitriles is 1. The highest BCUT2D eigenvalue weighted by atomic mass is 16.5. The monoisotopic (exact) mass is 244 g/mol. The van der Waals surface area contributed by atoms with E-state index in [1.54, 1.807) is 0 Å². The molecule has 96 valence electrons. The summed E-state index contributed by atoms with van der Waals surface area (Å²) in [6.45, 7) is 9.44. The topological polar surface area (TPSA) is 45.0 Å². The molecular weight excluding hydrogens is 224 g/mol. The summed E-state index contributed by atoms with van der Waals surface area (Å²) >= 11 is 0.